The summed E-state index contributed by atoms with van der Waals surface area (Å²) in [6, 6.07) is 9.17. The van der Waals surface area contributed by atoms with Crippen molar-refractivity contribution < 1.29 is 4.74 Å². The summed E-state index contributed by atoms with van der Waals surface area (Å²) in [5.74, 6) is 1.04. The van der Waals surface area contributed by atoms with Crippen molar-refractivity contribution in [2.75, 3.05) is 13.2 Å². The summed E-state index contributed by atoms with van der Waals surface area (Å²) in [7, 11) is 0. The van der Waals surface area contributed by atoms with Crippen molar-refractivity contribution in [2.24, 2.45) is 0 Å². The molecule has 0 bridgehead atoms. The van der Waals surface area contributed by atoms with Crippen LogP contribution < -0.4 is 10.1 Å². The minimum atomic E-state index is 0.138. The molecule has 2 rings (SSSR count). The Morgan fingerprint density at radius 2 is 1.85 bits per heavy atom. The van der Waals surface area contributed by atoms with Gasteiger partial charge in [-0.15, -0.1) is 0 Å². The molecular weight excluding hydrogens is 246 g/mol. The van der Waals surface area contributed by atoms with Crippen molar-refractivity contribution in [2.45, 2.75) is 64.3 Å². The molecule has 0 radical (unpaired) electrons. The first-order valence-corrected chi connectivity index (χ1v) is 8.03. The van der Waals surface area contributed by atoms with E-state index in [9.17, 15) is 0 Å². The molecule has 1 aliphatic carbocycles. The normalized spacial score (nSPS) is 16.6. The predicted octanol–water partition coefficient (Wildman–Crippen LogP) is 4.29. The third-order valence-electron chi connectivity index (χ3n) is 4.06. The molecule has 0 spiro atoms. The standard InChI is InChI=1S/C18H29NO/c1-18(2,3)16-11-6-7-12-17(16)20-14-8-13-19-15-9-4-5-10-15/h6-7,11-12,15,19H,4-5,8-10,13-14H2,1-3H3. The van der Waals surface area contributed by atoms with Gasteiger partial charge in [-0.05, 0) is 42.9 Å². The minimum absolute atomic E-state index is 0.138. The van der Waals surface area contributed by atoms with Gasteiger partial charge in [0, 0.05) is 6.04 Å². The van der Waals surface area contributed by atoms with Crippen molar-refractivity contribution in [3.63, 3.8) is 0 Å². The van der Waals surface area contributed by atoms with Crippen molar-refractivity contribution in [1.82, 2.24) is 5.32 Å². The Labute approximate surface area is 123 Å². The topological polar surface area (TPSA) is 21.3 Å². The zero-order chi connectivity index (χ0) is 14.4. The van der Waals surface area contributed by atoms with Crippen LogP contribution in [0.2, 0.25) is 0 Å². The quantitative estimate of drug-likeness (QED) is 0.782. The molecule has 1 N–H and O–H groups in total. The third kappa shape index (κ3) is 4.52. The molecule has 2 heteroatoms. The van der Waals surface area contributed by atoms with E-state index in [4.69, 9.17) is 4.74 Å². The van der Waals surface area contributed by atoms with Gasteiger partial charge in [-0.3, -0.25) is 0 Å². The molecule has 1 aromatic carbocycles. The molecule has 2 nitrogen and oxygen atoms in total. The maximum absolute atomic E-state index is 5.99. The fraction of sp³-hybridized carbons (Fsp3) is 0.667. The molecular formula is C18H29NO. The summed E-state index contributed by atoms with van der Waals surface area (Å²) >= 11 is 0. The Balaban J connectivity index is 1.73. The largest absolute Gasteiger partial charge is 0.493 e. The highest BCUT2D eigenvalue weighted by atomic mass is 16.5. The number of para-hydroxylation sites is 1. The highest BCUT2D eigenvalue weighted by Gasteiger charge is 2.18. The fourth-order valence-corrected chi connectivity index (χ4v) is 2.90. The second-order valence-corrected chi connectivity index (χ2v) is 6.88. The predicted molar refractivity (Wildman–Crippen MR) is 85.5 cm³/mol. The van der Waals surface area contributed by atoms with Crippen LogP contribution in [0.15, 0.2) is 24.3 Å². The number of rotatable bonds is 6. The van der Waals surface area contributed by atoms with Crippen LogP contribution in [0.25, 0.3) is 0 Å². The fourth-order valence-electron chi connectivity index (χ4n) is 2.90. The van der Waals surface area contributed by atoms with Crippen molar-refractivity contribution >= 4 is 0 Å². The first kappa shape index (κ1) is 15.4. The second kappa shape index (κ2) is 7.12. The van der Waals surface area contributed by atoms with Crippen LogP contribution in [-0.4, -0.2) is 19.2 Å². The number of ether oxygens (including phenoxy) is 1. The van der Waals surface area contributed by atoms with E-state index in [1.54, 1.807) is 0 Å². The maximum Gasteiger partial charge on any atom is 0.123 e. The number of nitrogens with one attached hydrogen (secondary N) is 1. The molecule has 20 heavy (non-hydrogen) atoms. The van der Waals surface area contributed by atoms with E-state index in [0.717, 1.165) is 31.4 Å². The van der Waals surface area contributed by atoms with E-state index in [2.05, 4.69) is 50.4 Å². The van der Waals surface area contributed by atoms with Gasteiger partial charge in [-0.2, -0.15) is 0 Å². The molecule has 0 amide bonds. The molecule has 1 saturated carbocycles. The van der Waals surface area contributed by atoms with Gasteiger partial charge < -0.3 is 10.1 Å². The molecule has 112 valence electrons. The molecule has 0 heterocycles. The Morgan fingerprint density at radius 1 is 1.15 bits per heavy atom. The summed E-state index contributed by atoms with van der Waals surface area (Å²) in [5, 5.41) is 3.63. The van der Waals surface area contributed by atoms with E-state index in [-0.39, 0.29) is 5.41 Å². The van der Waals surface area contributed by atoms with Crippen LogP contribution in [0.5, 0.6) is 5.75 Å². The molecule has 1 aromatic rings. The van der Waals surface area contributed by atoms with Crippen LogP contribution in [0.4, 0.5) is 0 Å². The Bertz CT molecular complexity index is 402. The lowest BCUT2D eigenvalue weighted by Crippen LogP contribution is -2.27. The van der Waals surface area contributed by atoms with E-state index in [1.165, 1.54) is 31.2 Å². The van der Waals surface area contributed by atoms with Gasteiger partial charge in [0.2, 0.25) is 0 Å². The second-order valence-electron chi connectivity index (χ2n) is 6.88. The minimum Gasteiger partial charge on any atom is -0.493 e. The van der Waals surface area contributed by atoms with Crippen molar-refractivity contribution in [3.8, 4) is 5.75 Å². The monoisotopic (exact) mass is 275 g/mol. The molecule has 0 unspecified atom stereocenters. The van der Waals surface area contributed by atoms with Gasteiger partial charge in [0.25, 0.3) is 0 Å². The Kier molecular flexibility index (Phi) is 5.47. The van der Waals surface area contributed by atoms with Gasteiger partial charge in [0.1, 0.15) is 5.75 Å². The number of hydrogen-bond donors (Lipinski definition) is 1. The van der Waals surface area contributed by atoms with Gasteiger partial charge in [0.05, 0.1) is 6.61 Å². The summed E-state index contributed by atoms with van der Waals surface area (Å²) in [6.07, 6.45) is 6.58. The summed E-state index contributed by atoms with van der Waals surface area (Å²) in [5.41, 5.74) is 1.43. The number of hydrogen-bond acceptors (Lipinski definition) is 2. The van der Waals surface area contributed by atoms with Gasteiger partial charge in [-0.1, -0.05) is 51.8 Å². The lowest BCUT2D eigenvalue weighted by molar-refractivity contribution is 0.297. The van der Waals surface area contributed by atoms with Crippen LogP contribution in [-0.2, 0) is 5.41 Å². The lowest BCUT2D eigenvalue weighted by Gasteiger charge is -2.22. The third-order valence-corrected chi connectivity index (χ3v) is 4.06. The van der Waals surface area contributed by atoms with Crippen LogP contribution in [0.3, 0.4) is 0 Å². The van der Waals surface area contributed by atoms with Crippen molar-refractivity contribution in [1.29, 1.82) is 0 Å². The molecule has 0 aliphatic heterocycles. The molecule has 1 aliphatic rings. The molecule has 0 aromatic heterocycles. The summed E-state index contributed by atoms with van der Waals surface area (Å²) in [4.78, 5) is 0. The molecule has 0 saturated heterocycles. The zero-order valence-corrected chi connectivity index (χ0v) is 13.2. The van der Waals surface area contributed by atoms with E-state index < -0.39 is 0 Å². The smallest absolute Gasteiger partial charge is 0.123 e. The van der Waals surface area contributed by atoms with E-state index >= 15 is 0 Å². The lowest BCUT2D eigenvalue weighted by atomic mass is 9.86. The van der Waals surface area contributed by atoms with Crippen LogP contribution >= 0.6 is 0 Å². The highest BCUT2D eigenvalue weighted by molar-refractivity contribution is 5.38. The van der Waals surface area contributed by atoms with E-state index in [0.29, 0.717) is 0 Å². The average molecular weight is 275 g/mol. The summed E-state index contributed by atoms with van der Waals surface area (Å²) < 4.78 is 5.99. The molecule has 1 fully saturated rings. The highest BCUT2D eigenvalue weighted by Crippen LogP contribution is 2.30. The average Bonchev–Trinajstić information content (AvgIpc) is 2.91. The Hall–Kier alpha value is -1.02. The number of benzene rings is 1. The Morgan fingerprint density at radius 3 is 2.55 bits per heavy atom. The first-order chi connectivity index (χ1) is 9.57. The zero-order valence-electron chi connectivity index (χ0n) is 13.2. The first-order valence-electron chi connectivity index (χ1n) is 8.03. The van der Waals surface area contributed by atoms with Crippen LogP contribution in [0.1, 0.15) is 58.4 Å². The summed E-state index contributed by atoms with van der Waals surface area (Å²) in [6.45, 7) is 8.57. The van der Waals surface area contributed by atoms with E-state index in [1.807, 2.05) is 0 Å². The van der Waals surface area contributed by atoms with Gasteiger partial charge in [-0.25, -0.2) is 0 Å². The SMILES string of the molecule is CC(C)(C)c1ccccc1OCCCNC1CCCC1. The van der Waals surface area contributed by atoms with Crippen molar-refractivity contribution in [3.05, 3.63) is 29.8 Å². The van der Waals surface area contributed by atoms with Crippen LogP contribution in [0, 0.1) is 0 Å². The molecule has 0 atom stereocenters. The van der Waals surface area contributed by atoms with Gasteiger partial charge >= 0.3 is 0 Å². The van der Waals surface area contributed by atoms with Gasteiger partial charge in [0.15, 0.2) is 0 Å². The maximum atomic E-state index is 5.99.